The van der Waals surface area contributed by atoms with E-state index in [-0.39, 0.29) is 18.5 Å². The Balaban J connectivity index is 2.13. The third-order valence-corrected chi connectivity index (χ3v) is 12.2. The number of nitrogens with zero attached hydrogens (tertiary/aromatic N) is 1. The number of sulfone groups is 2. The standard InChI is InChI=1S/C21H29NO10S2/c1-29-15-6-4-14(5-7-15)17-18(20(23)30-2)33(25,26)16(8-9-22-10-12-32-13-11-22)34(27,28)19(17)21(24)31-3/h4-7,16-19H,8-13H2,1-3H3. The largest absolute Gasteiger partial charge is 0.497 e. The number of rotatable bonds is 7. The van der Waals surface area contributed by atoms with Gasteiger partial charge >= 0.3 is 11.9 Å². The van der Waals surface area contributed by atoms with E-state index in [1.807, 2.05) is 4.90 Å². The summed E-state index contributed by atoms with van der Waals surface area (Å²) in [6, 6.07) is 5.83. The minimum absolute atomic E-state index is 0.140. The van der Waals surface area contributed by atoms with Gasteiger partial charge in [-0.15, -0.1) is 0 Å². The molecule has 11 nitrogen and oxygen atoms in total. The van der Waals surface area contributed by atoms with E-state index in [4.69, 9.17) is 18.9 Å². The Hall–Kier alpha value is -2.22. The zero-order chi connectivity index (χ0) is 25.1. The molecule has 0 spiro atoms. The van der Waals surface area contributed by atoms with Crippen LogP contribution in [-0.2, 0) is 43.5 Å². The molecule has 2 aliphatic heterocycles. The molecule has 0 aliphatic carbocycles. The summed E-state index contributed by atoms with van der Waals surface area (Å²) < 4.78 is 72.6. The zero-order valence-corrected chi connectivity index (χ0v) is 20.8. The number of benzene rings is 1. The first-order valence-electron chi connectivity index (χ1n) is 10.6. The first kappa shape index (κ1) is 26.4. The van der Waals surface area contributed by atoms with Crippen molar-refractivity contribution in [2.24, 2.45) is 0 Å². The fraction of sp³-hybridized carbons (Fsp3) is 0.619. The molecule has 2 saturated heterocycles. The molecule has 2 heterocycles. The molecule has 13 heteroatoms. The molecule has 1 aromatic carbocycles. The molecule has 2 unspecified atom stereocenters. The molecule has 2 aliphatic rings. The average molecular weight is 520 g/mol. The number of carbonyl (C=O) groups is 2. The fourth-order valence-electron chi connectivity index (χ4n) is 4.49. The van der Waals surface area contributed by atoms with Gasteiger partial charge in [-0.3, -0.25) is 14.5 Å². The van der Waals surface area contributed by atoms with Gasteiger partial charge in [-0.2, -0.15) is 0 Å². The number of hydrogen-bond donors (Lipinski definition) is 0. The first-order chi connectivity index (χ1) is 16.1. The molecule has 2 atom stereocenters. The molecule has 0 N–H and O–H groups in total. The molecule has 0 radical (unpaired) electrons. The van der Waals surface area contributed by atoms with Crippen LogP contribution in [0.4, 0.5) is 0 Å². The summed E-state index contributed by atoms with van der Waals surface area (Å²) in [6.07, 6.45) is -0.305. The van der Waals surface area contributed by atoms with Crippen LogP contribution in [0.2, 0.25) is 0 Å². The molecule has 1 aromatic rings. The van der Waals surface area contributed by atoms with E-state index in [0.717, 1.165) is 14.2 Å². The van der Waals surface area contributed by atoms with Crippen LogP contribution < -0.4 is 4.74 Å². The van der Waals surface area contributed by atoms with Gasteiger partial charge in [-0.25, -0.2) is 16.8 Å². The number of morpholine rings is 1. The summed E-state index contributed by atoms with van der Waals surface area (Å²) in [5, 5.41) is -3.82. The molecule has 34 heavy (non-hydrogen) atoms. The Morgan fingerprint density at radius 2 is 1.41 bits per heavy atom. The second kappa shape index (κ2) is 10.6. The second-order valence-corrected chi connectivity index (χ2v) is 12.8. The lowest BCUT2D eigenvalue weighted by Gasteiger charge is -2.39. The van der Waals surface area contributed by atoms with E-state index in [0.29, 0.717) is 32.1 Å². The molecular formula is C21H29NO10S2. The fourth-order valence-corrected chi connectivity index (χ4v) is 10.5. The van der Waals surface area contributed by atoms with Crippen molar-refractivity contribution in [1.82, 2.24) is 4.90 Å². The quantitative estimate of drug-likeness (QED) is 0.440. The van der Waals surface area contributed by atoms with Crippen molar-refractivity contribution in [3.8, 4) is 5.75 Å². The topological polar surface area (TPSA) is 143 Å². The van der Waals surface area contributed by atoms with E-state index < -0.39 is 52.6 Å². The third-order valence-electron chi connectivity index (χ3n) is 6.25. The maximum atomic E-state index is 13.7. The number of ether oxygens (including phenoxy) is 4. The Kier molecular flexibility index (Phi) is 8.22. The predicted octanol–water partition coefficient (Wildman–Crippen LogP) is -0.246. The van der Waals surface area contributed by atoms with Crippen LogP contribution in [0.1, 0.15) is 17.9 Å². The molecular weight excluding hydrogens is 490 g/mol. The molecule has 0 saturated carbocycles. The van der Waals surface area contributed by atoms with Gasteiger partial charge in [-0.05, 0) is 24.1 Å². The van der Waals surface area contributed by atoms with Gasteiger partial charge in [0.25, 0.3) is 0 Å². The van der Waals surface area contributed by atoms with Gasteiger partial charge < -0.3 is 18.9 Å². The van der Waals surface area contributed by atoms with Crippen LogP contribution in [0.3, 0.4) is 0 Å². The molecule has 0 amide bonds. The molecule has 190 valence electrons. The molecule has 3 rings (SSSR count). The Labute approximate surface area is 199 Å². The lowest BCUT2D eigenvalue weighted by atomic mass is 9.91. The van der Waals surface area contributed by atoms with Crippen LogP contribution in [0.25, 0.3) is 0 Å². The Morgan fingerprint density at radius 3 is 1.85 bits per heavy atom. The van der Waals surface area contributed by atoms with E-state index in [1.165, 1.54) is 31.4 Å². The summed E-state index contributed by atoms with van der Waals surface area (Å²) in [4.78, 5) is 27.5. The normalized spacial score (nSPS) is 28.6. The van der Waals surface area contributed by atoms with Crippen molar-refractivity contribution in [2.75, 3.05) is 54.2 Å². The van der Waals surface area contributed by atoms with Gasteiger partial charge in [0.1, 0.15) is 5.75 Å². The number of methoxy groups -OCH3 is 3. The number of hydrogen-bond acceptors (Lipinski definition) is 11. The highest BCUT2D eigenvalue weighted by Crippen LogP contribution is 2.43. The molecule has 0 bridgehead atoms. The van der Waals surface area contributed by atoms with Crippen molar-refractivity contribution in [3.05, 3.63) is 29.8 Å². The van der Waals surface area contributed by atoms with Crippen molar-refractivity contribution in [3.63, 3.8) is 0 Å². The summed E-state index contributed by atoms with van der Waals surface area (Å²) >= 11 is 0. The van der Waals surface area contributed by atoms with Crippen LogP contribution in [-0.4, -0.2) is 103 Å². The second-order valence-electron chi connectivity index (χ2n) is 8.04. The van der Waals surface area contributed by atoms with E-state index in [9.17, 15) is 26.4 Å². The van der Waals surface area contributed by atoms with Crippen molar-refractivity contribution in [2.45, 2.75) is 27.4 Å². The predicted molar refractivity (Wildman–Crippen MR) is 121 cm³/mol. The molecule has 2 fully saturated rings. The average Bonchev–Trinajstić information content (AvgIpc) is 2.82. The smallest absolute Gasteiger partial charge is 0.324 e. The van der Waals surface area contributed by atoms with Crippen LogP contribution in [0.5, 0.6) is 5.75 Å². The summed E-state index contributed by atoms with van der Waals surface area (Å²) in [5.41, 5.74) is 0.158. The van der Waals surface area contributed by atoms with Crippen LogP contribution >= 0.6 is 0 Å². The Bertz CT molecular complexity index is 1040. The minimum atomic E-state index is -4.63. The Morgan fingerprint density at radius 1 is 0.912 bits per heavy atom. The number of carbonyl (C=O) groups excluding carboxylic acids is 2. The summed E-state index contributed by atoms with van der Waals surface area (Å²) in [7, 11) is -5.80. The maximum absolute atomic E-state index is 13.7. The first-order valence-corrected chi connectivity index (χ1v) is 13.9. The van der Waals surface area contributed by atoms with Crippen molar-refractivity contribution < 1.29 is 45.4 Å². The monoisotopic (exact) mass is 519 g/mol. The highest BCUT2D eigenvalue weighted by Gasteiger charge is 2.63. The summed E-state index contributed by atoms with van der Waals surface area (Å²) in [5.74, 6) is -3.40. The lowest BCUT2D eigenvalue weighted by Crippen LogP contribution is -2.60. The van der Waals surface area contributed by atoms with E-state index in [2.05, 4.69) is 0 Å². The van der Waals surface area contributed by atoms with Gasteiger partial charge in [0.15, 0.2) is 34.8 Å². The van der Waals surface area contributed by atoms with E-state index >= 15 is 0 Å². The van der Waals surface area contributed by atoms with Gasteiger partial charge in [0, 0.05) is 25.6 Å². The minimum Gasteiger partial charge on any atom is -0.497 e. The SMILES string of the molecule is COC(=O)C1C(c2ccc(OC)cc2)C(C(=O)OC)S(=O)(=O)C(CCN2CCOCC2)S1(=O)=O. The maximum Gasteiger partial charge on any atom is 0.324 e. The third kappa shape index (κ3) is 4.92. The van der Waals surface area contributed by atoms with Gasteiger partial charge in [-0.1, -0.05) is 12.1 Å². The van der Waals surface area contributed by atoms with Gasteiger partial charge in [0.05, 0.1) is 34.5 Å². The van der Waals surface area contributed by atoms with E-state index in [1.54, 1.807) is 0 Å². The van der Waals surface area contributed by atoms with Crippen LogP contribution in [0.15, 0.2) is 24.3 Å². The van der Waals surface area contributed by atoms with Crippen molar-refractivity contribution in [1.29, 1.82) is 0 Å². The van der Waals surface area contributed by atoms with Crippen molar-refractivity contribution >= 4 is 31.6 Å². The zero-order valence-electron chi connectivity index (χ0n) is 19.2. The summed E-state index contributed by atoms with van der Waals surface area (Å²) in [6.45, 7) is 2.06. The van der Waals surface area contributed by atoms with Gasteiger partial charge in [0.2, 0.25) is 0 Å². The highest BCUT2D eigenvalue weighted by molar-refractivity contribution is 8.11. The number of esters is 2. The van der Waals surface area contributed by atoms with Crippen LogP contribution in [0, 0.1) is 0 Å². The molecule has 0 aromatic heterocycles. The lowest BCUT2D eigenvalue weighted by molar-refractivity contribution is -0.142. The highest BCUT2D eigenvalue weighted by atomic mass is 32.3.